The third kappa shape index (κ3) is 29.6. The summed E-state index contributed by atoms with van der Waals surface area (Å²) in [7, 11) is 0. The van der Waals surface area contributed by atoms with Crippen LogP contribution in [0.5, 0.6) is 0 Å². The van der Waals surface area contributed by atoms with Gasteiger partial charge in [0.25, 0.3) is 5.91 Å². The Kier molecular flexibility index (Phi) is 30.1. The Morgan fingerprint density at radius 2 is 1.11 bits per heavy atom. The van der Waals surface area contributed by atoms with Gasteiger partial charge in [-0.2, -0.15) is 0 Å². The molecule has 352 valence electrons. The lowest BCUT2D eigenvalue weighted by molar-refractivity contribution is -0.137. The number of amides is 2. The number of halogens is 2. The standard InChI is InChI=1S/C19H17BrO4.C11H11NO3.C11H20O2.C9H8ClNO3/c20-16-8-6-15(7-9-16)17(21)10-3-13-1-4-14(5-2-13)18(22)11-12-19(23)24;13-10(6-7-11(14)15)12-8-9-4-2-1-3-5-9;1-2-3-4-5-6-7-8-9-10-11(12)13;10-7-3-1-6(2-4-7)9(14)11-5-8(12)13/h1-2,4-9H,3,10-12H2,(H,23,24);1-7H,8H2,(H,12,13)(H,14,15);9-10H,2-8H2,1H3,(H,12,13);1-4H,5H2,(H,11,14)(H,12,13)/b;7-6-;;. The Hall–Kier alpha value is -6.71. The molecule has 16 heteroatoms. The lowest BCUT2D eigenvalue weighted by Crippen LogP contribution is -2.29. The molecule has 0 atom stereocenters. The van der Waals surface area contributed by atoms with Crippen molar-refractivity contribution in [2.24, 2.45) is 0 Å². The van der Waals surface area contributed by atoms with E-state index in [1.54, 1.807) is 42.5 Å². The van der Waals surface area contributed by atoms with E-state index >= 15 is 0 Å². The highest BCUT2D eigenvalue weighted by Gasteiger charge is 2.10. The van der Waals surface area contributed by atoms with Crippen molar-refractivity contribution in [2.75, 3.05) is 6.54 Å². The van der Waals surface area contributed by atoms with Gasteiger partial charge in [-0.1, -0.05) is 139 Å². The van der Waals surface area contributed by atoms with Gasteiger partial charge >= 0.3 is 23.9 Å². The van der Waals surface area contributed by atoms with E-state index in [1.807, 2.05) is 54.6 Å². The number of carboxylic acids is 4. The summed E-state index contributed by atoms with van der Waals surface area (Å²) < 4.78 is 0.933. The summed E-state index contributed by atoms with van der Waals surface area (Å²) in [6.07, 6.45) is 14.0. The second kappa shape index (κ2) is 34.7. The van der Waals surface area contributed by atoms with Crippen LogP contribution in [0.25, 0.3) is 0 Å². The molecule has 4 aromatic rings. The maximum atomic E-state index is 12.1. The van der Waals surface area contributed by atoms with Crippen LogP contribution in [0, 0.1) is 0 Å². The summed E-state index contributed by atoms with van der Waals surface area (Å²) in [4.78, 5) is 87.1. The van der Waals surface area contributed by atoms with Crippen molar-refractivity contribution >= 4 is 74.8 Å². The predicted molar refractivity (Wildman–Crippen MR) is 256 cm³/mol. The molecule has 0 unspecified atom stereocenters. The summed E-state index contributed by atoms with van der Waals surface area (Å²) in [5.41, 5.74) is 3.50. The highest BCUT2D eigenvalue weighted by Crippen LogP contribution is 2.15. The van der Waals surface area contributed by atoms with Crippen molar-refractivity contribution in [3.63, 3.8) is 0 Å². The minimum atomic E-state index is -1.13. The molecule has 6 N–H and O–H groups in total. The van der Waals surface area contributed by atoms with Gasteiger partial charge in [-0.3, -0.25) is 28.8 Å². The van der Waals surface area contributed by atoms with E-state index in [4.69, 9.17) is 32.0 Å². The molecule has 0 spiro atoms. The van der Waals surface area contributed by atoms with Gasteiger partial charge in [0.15, 0.2) is 11.6 Å². The fourth-order valence-electron chi connectivity index (χ4n) is 5.34. The number of ketones is 2. The minimum absolute atomic E-state index is 0.00324. The molecule has 0 aromatic heterocycles. The number of aliphatic carboxylic acids is 4. The van der Waals surface area contributed by atoms with Gasteiger partial charge < -0.3 is 31.1 Å². The molecule has 0 heterocycles. The third-order valence-corrected chi connectivity index (χ3v) is 9.61. The molecule has 4 aromatic carbocycles. The second-order valence-corrected chi connectivity index (χ2v) is 15.6. The first kappa shape index (κ1) is 57.3. The zero-order valence-electron chi connectivity index (χ0n) is 36.6. The molecule has 4 rings (SSSR count). The Bertz CT molecular complexity index is 2190. The van der Waals surface area contributed by atoms with E-state index in [1.165, 1.54) is 50.3 Å². The number of rotatable bonds is 23. The molecule has 0 fully saturated rings. The summed E-state index contributed by atoms with van der Waals surface area (Å²) in [5.74, 6) is -4.99. The molecule has 0 saturated heterocycles. The van der Waals surface area contributed by atoms with Crippen LogP contribution < -0.4 is 10.6 Å². The fraction of sp³-hybridized carbons (Fsp3) is 0.280. The summed E-state index contributed by atoms with van der Waals surface area (Å²) in [5, 5.41) is 38.8. The largest absolute Gasteiger partial charge is 0.481 e. The number of nitrogens with one attached hydrogen (secondary N) is 2. The number of carboxylic acid groups (broad SMARTS) is 4. The molecule has 2 amide bonds. The fourth-order valence-corrected chi connectivity index (χ4v) is 5.73. The van der Waals surface area contributed by atoms with Gasteiger partial charge in [0.2, 0.25) is 5.91 Å². The first-order valence-electron chi connectivity index (χ1n) is 21.0. The normalized spacial score (nSPS) is 10.2. The Morgan fingerprint density at radius 1 is 0.561 bits per heavy atom. The molecular weight excluding hydrogens is 936 g/mol. The first-order chi connectivity index (χ1) is 31.5. The average Bonchev–Trinajstić information content (AvgIpc) is 3.30. The van der Waals surface area contributed by atoms with Crippen LogP contribution in [0.3, 0.4) is 0 Å². The number of benzene rings is 4. The number of carbonyl (C=O) groups is 8. The molecule has 66 heavy (non-hydrogen) atoms. The molecule has 0 aliphatic heterocycles. The SMILES string of the molecule is CCCCCCCCC=CC(=O)O.O=C(O)/C=C\C(=O)NCc1ccccc1.O=C(O)CCC(=O)c1ccc(CCC(=O)c2ccc(Br)cc2)cc1.O=C(O)CNC(=O)c1ccc(Cl)cc1. The van der Waals surface area contributed by atoms with E-state index in [9.17, 15) is 38.4 Å². The third-order valence-electron chi connectivity index (χ3n) is 8.83. The van der Waals surface area contributed by atoms with Gasteiger partial charge in [0, 0.05) is 63.8 Å². The minimum Gasteiger partial charge on any atom is -0.481 e. The highest BCUT2D eigenvalue weighted by molar-refractivity contribution is 9.10. The molecule has 0 aliphatic rings. The van der Waals surface area contributed by atoms with Crippen molar-refractivity contribution in [3.8, 4) is 0 Å². The first-order valence-corrected chi connectivity index (χ1v) is 22.2. The summed E-state index contributed by atoms with van der Waals surface area (Å²) in [6.45, 7) is 2.21. The Morgan fingerprint density at radius 3 is 1.67 bits per heavy atom. The Balaban J connectivity index is 0.000000457. The van der Waals surface area contributed by atoms with Crippen molar-refractivity contribution in [2.45, 2.75) is 84.1 Å². The smallest absolute Gasteiger partial charge is 0.328 e. The highest BCUT2D eigenvalue weighted by atomic mass is 79.9. The predicted octanol–water partition coefficient (Wildman–Crippen LogP) is 9.79. The monoisotopic (exact) mass is 990 g/mol. The number of hydrogen-bond acceptors (Lipinski definition) is 8. The molecule has 14 nitrogen and oxygen atoms in total. The number of carbonyl (C=O) groups excluding carboxylic acids is 4. The van der Waals surface area contributed by atoms with Gasteiger partial charge in [0.05, 0.1) is 6.42 Å². The number of Topliss-reactive ketones (excluding diaryl/α,β-unsaturated/α-hetero) is 2. The quantitative estimate of drug-likeness (QED) is 0.0231. The van der Waals surface area contributed by atoms with Gasteiger partial charge in [-0.25, -0.2) is 9.59 Å². The maximum absolute atomic E-state index is 12.1. The maximum Gasteiger partial charge on any atom is 0.328 e. The van der Waals surface area contributed by atoms with Gasteiger partial charge in [0.1, 0.15) is 6.54 Å². The van der Waals surface area contributed by atoms with E-state index in [-0.39, 0.29) is 31.0 Å². The lowest BCUT2D eigenvalue weighted by Gasteiger charge is -2.04. The van der Waals surface area contributed by atoms with Crippen LogP contribution in [0.4, 0.5) is 0 Å². The van der Waals surface area contributed by atoms with E-state index in [0.29, 0.717) is 41.1 Å². The summed E-state index contributed by atoms with van der Waals surface area (Å²) >= 11 is 8.95. The molecule has 0 aliphatic carbocycles. The van der Waals surface area contributed by atoms with E-state index in [0.717, 1.165) is 40.6 Å². The van der Waals surface area contributed by atoms with Crippen LogP contribution in [-0.2, 0) is 36.9 Å². The van der Waals surface area contributed by atoms with Gasteiger partial charge in [-0.05, 0) is 66.8 Å². The molecule has 0 radical (unpaired) electrons. The van der Waals surface area contributed by atoms with Gasteiger partial charge in [-0.15, -0.1) is 0 Å². The van der Waals surface area contributed by atoms with Crippen LogP contribution in [0.2, 0.25) is 5.02 Å². The van der Waals surface area contributed by atoms with Crippen LogP contribution >= 0.6 is 27.5 Å². The number of aryl methyl sites for hydroxylation is 1. The number of allylic oxidation sites excluding steroid dienone is 1. The molecule has 0 bridgehead atoms. The second-order valence-electron chi connectivity index (χ2n) is 14.2. The lowest BCUT2D eigenvalue weighted by atomic mass is 10.00. The van der Waals surface area contributed by atoms with E-state index in [2.05, 4.69) is 33.5 Å². The average molecular weight is 992 g/mol. The molecule has 0 saturated carbocycles. The van der Waals surface area contributed by atoms with Crippen LogP contribution in [-0.4, -0.2) is 74.2 Å². The van der Waals surface area contributed by atoms with Crippen LogP contribution in [0.1, 0.15) is 113 Å². The van der Waals surface area contributed by atoms with Crippen LogP contribution in [0.15, 0.2) is 132 Å². The summed E-state index contributed by atoms with van der Waals surface area (Å²) in [6, 6.07) is 29.8. The zero-order chi connectivity index (χ0) is 49.1. The number of unbranched alkanes of at least 4 members (excludes halogenated alkanes) is 6. The van der Waals surface area contributed by atoms with E-state index < -0.39 is 35.7 Å². The van der Waals surface area contributed by atoms with Crippen molar-refractivity contribution in [1.82, 2.24) is 10.6 Å². The zero-order valence-corrected chi connectivity index (χ0v) is 39.0. The van der Waals surface area contributed by atoms with Crippen molar-refractivity contribution in [1.29, 1.82) is 0 Å². The topological polar surface area (TPSA) is 242 Å². The Labute approximate surface area is 397 Å². The van der Waals surface area contributed by atoms with Crippen molar-refractivity contribution in [3.05, 3.63) is 165 Å². The molecular formula is C50H56BrClN2O12. The van der Waals surface area contributed by atoms with Crippen molar-refractivity contribution < 1.29 is 58.8 Å². The number of hydrogen-bond donors (Lipinski definition) is 6.